The number of likely N-dealkylation sites (tertiary alicyclic amines) is 1. The highest BCUT2D eigenvalue weighted by molar-refractivity contribution is 5.98. The minimum atomic E-state index is -0.688. The lowest BCUT2D eigenvalue weighted by Gasteiger charge is -2.35. The van der Waals surface area contributed by atoms with Crippen LogP contribution in [0.25, 0.3) is 0 Å². The fourth-order valence-corrected chi connectivity index (χ4v) is 3.65. The molecule has 0 bridgehead atoms. The predicted molar refractivity (Wildman–Crippen MR) is 107 cm³/mol. The molecule has 2 heterocycles. The second kappa shape index (κ2) is 9.45. The fourth-order valence-electron chi connectivity index (χ4n) is 3.65. The van der Waals surface area contributed by atoms with Gasteiger partial charge in [-0.15, -0.1) is 6.58 Å². The predicted octanol–water partition coefficient (Wildman–Crippen LogP) is 1.46. The van der Waals surface area contributed by atoms with Gasteiger partial charge < -0.3 is 25.0 Å². The Kier molecular flexibility index (Phi) is 6.74. The van der Waals surface area contributed by atoms with Crippen LogP contribution in [0.2, 0.25) is 0 Å². The molecule has 2 aliphatic heterocycles. The zero-order valence-electron chi connectivity index (χ0n) is 16.6. The van der Waals surface area contributed by atoms with Crippen LogP contribution in [0.1, 0.15) is 36.5 Å². The summed E-state index contributed by atoms with van der Waals surface area (Å²) in [6.07, 6.45) is 3.37. The number of rotatable bonds is 7. The van der Waals surface area contributed by atoms with Crippen LogP contribution in [0.15, 0.2) is 30.9 Å². The second-order valence-corrected chi connectivity index (χ2v) is 7.12. The van der Waals surface area contributed by atoms with E-state index in [1.807, 2.05) is 11.8 Å². The molecule has 0 saturated carbocycles. The molecule has 1 unspecified atom stereocenters. The van der Waals surface area contributed by atoms with Crippen LogP contribution >= 0.6 is 0 Å². The van der Waals surface area contributed by atoms with E-state index < -0.39 is 6.04 Å². The molecule has 1 aromatic carbocycles. The Labute approximate surface area is 170 Å². The van der Waals surface area contributed by atoms with Crippen molar-refractivity contribution in [3.63, 3.8) is 0 Å². The van der Waals surface area contributed by atoms with Crippen molar-refractivity contribution in [3.8, 4) is 11.5 Å². The number of amides is 3. The molecule has 3 amide bonds. The molecule has 2 N–H and O–H groups in total. The van der Waals surface area contributed by atoms with Crippen LogP contribution in [-0.4, -0.2) is 55.1 Å². The number of ether oxygens (including phenoxy) is 2. The zero-order valence-corrected chi connectivity index (χ0v) is 16.6. The normalized spacial score (nSPS) is 16.8. The van der Waals surface area contributed by atoms with E-state index in [0.717, 1.165) is 0 Å². The van der Waals surface area contributed by atoms with Crippen LogP contribution in [-0.2, 0) is 9.59 Å². The van der Waals surface area contributed by atoms with Crippen LogP contribution in [0, 0.1) is 5.92 Å². The maximum absolute atomic E-state index is 12.8. The summed E-state index contributed by atoms with van der Waals surface area (Å²) < 4.78 is 10.6. The van der Waals surface area contributed by atoms with Gasteiger partial charge in [-0.25, -0.2) is 0 Å². The lowest BCUT2D eigenvalue weighted by atomic mass is 9.88. The number of carbonyl (C=O) groups is 3. The van der Waals surface area contributed by atoms with Gasteiger partial charge in [0, 0.05) is 31.6 Å². The van der Waals surface area contributed by atoms with Crippen molar-refractivity contribution in [2.45, 2.75) is 32.2 Å². The SMILES string of the molecule is C=CCNC(=O)C(NC(=O)c1ccc2c(c1)OCO2)C1CCN(C(=O)CC)CC1. The maximum atomic E-state index is 12.8. The number of carbonyl (C=O) groups excluding carboxylic acids is 3. The first kappa shape index (κ1) is 20.7. The first-order valence-corrected chi connectivity index (χ1v) is 9.90. The van der Waals surface area contributed by atoms with E-state index >= 15 is 0 Å². The minimum absolute atomic E-state index is 0.0568. The van der Waals surface area contributed by atoms with E-state index in [-0.39, 0.29) is 30.4 Å². The summed E-state index contributed by atoms with van der Waals surface area (Å²) >= 11 is 0. The summed E-state index contributed by atoms with van der Waals surface area (Å²) in [5.74, 6) is 0.555. The zero-order chi connectivity index (χ0) is 20.8. The average molecular weight is 401 g/mol. The van der Waals surface area contributed by atoms with Gasteiger partial charge in [0.1, 0.15) is 6.04 Å². The standard InChI is InChI=1S/C21H27N3O5/c1-3-9-22-21(27)19(14-7-10-24(11-8-14)18(25)4-2)23-20(26)15-5-6-16-17(12-15)29-13-28-16/h3,5-6,12,14,19H,1,4,7-11,13H2,2H3,(H,22,27)(H,23,26). The van der Waals surface area contributed by atoms with Gasteiger partial charge in [-0.05, 0) is 37.0 Å². The molecule has 8 nitrogen and oxygen atoms in total. The molecular weight excluding hydrogens is 374 g/mol. The number of hydrogen-bond acceptors (Lipinski definition) is 5. The van der Waals surface area contributed by atoms with Gasteiger partial charge in [0.05, 0.1) is 0 Å². The summed E-state index contributed by atoms with van der Waals surface area (Å²) in [5.41, 5.74) is 0.398. The summed E-state index contributed by atoms with van der Waals surface area (Å²) in [6, 6.07) is 4.24. The van der Waals surface area contributed by atoms with Gasteiger partial charge in [-0.1, -0.05) is 13.0 Å². The average Bonchev–Trinajstić information content (AvgIpc) is 3.23. The van der Waals surface area contributed by atoms with Crippen molar-refractivity contribution < 1.29 is 23.9 Å². The monoisotopic (exact) mass is 401 g/mol. The molecule has 0 aromatic heterocycles. The number of piperidine rings is 1. The Hall–Kier alpha value is -3.03. The first-order valence-electron chi connectivity index (χ1n) is 9.90. The second-order valence-electron chi connectivity index (χ2n) is 7.12. The summed E-state index contributed by atoms with van der Waals surface area (Å²) in [4.78, 5) is 39.3. The lowest BCUT2D eigenvalue weighted by molar-refractivity contribution is -0.132. The quantitative estimate of drug-likeness (QED) is 0.675. The molecule has 29 heavy (non-hydrogen) atoms. The van der Waals surface area contributed by atoms with E-state index in [4.69, 9.17) is 9.47 Å². The molecule has 1 fully saturated rings. The Morgan fingerprint density at radius 1 is 1.24 bits per heavy atom. The smallest absolute Gasteiger partial charge is 0.252 e. The molecule has 0 spiro atoms. The molecule has 2 aliphatic rings. The highest BCUT2D eigenvalue weighted by atomic mass is 16.7. The molecule has 156 valence electrons. The van der Waals surface area contributed by atoms with Crippen LogP contribution < -0.4 is 20.1 Å². The van der Waals surface area contributed by atoms with Crippen molar-refractivity contribution in [2.75, 3.05) is 26.4 Å². The van der Waals surface area contributed by atoms with E-state index in [9.17, 15) is 14.4 Å². The molecule has 3 rings (SSSR count). The fraction of sp³-hybridized carbons (Fsp3) is 0.476. The molecule has 0 radical (unpaired) electrons. The van der Waals surface area contributed by atoms with Crippen molar-refractivity contribution in [3.05, 3.63) is 36.4 Å². The number of hydrogen-bond donors (Lipinski definition) is 2. The molecule has 1 saturated heterocycles. The van der Waals surface area contributed by atoms with Crippen molar-refractivity contribution in [1.82, 2.24) is 15.5 Å². The van der Waals surface area contributed by atoms with Gasteiger partial charge in [0.25, 0.3) is 5.91 Å². The molecule has 8 heteroatoms. The summed E-state index contributed by atoms with van der Waals surface area (Å²) in [6.45, 7) is 7.07. The molecule has 1 atom stereocenters. The van der Waals surface area contributed by atoms with E-state index in [2.05, 4.69) is 17.2 Å². The van der Waals surface area contributed by atoms with Crippen molar-refractivity contribution >= 4 is 17.7 Å². The third-order valence-corrected chi connectivity index (χ3v) is 5.29. The van der Waals surface area contributed by atoms with Crippen molar-refractivity contribution in [1.29, 1.82) is 0 Å². The van der Waals surface area contributed by atoms with Gasteiger partial charge >= 0.3 is 0 Å². The number of nitrogens with one attached hydrogen (secondary N) is 2. The lowest BCUT2D eigenvalue weighted by Crippen LogP contribution is -2.53. The maximum Gasteiger partial charge on any atom is 0.252 e. The van der Waals surface area contributed by atoms with Gasteiger partial charge in [-0.3, -0.25) is 14.4 Å². The Morgan fingerprint density at radius 3 is 2.66 bits per heavy atom. The van der Waals surface area contributed by atoms with Gasteiger partial charge in [0.15, 0.2) is 11.5 Å². The Balaban J connectivity index is 1.70. The highest BCUT2D eigenvalue weighted by Crippen LogP contribution is 2.32. The summed E-state index contributed by atoms with van der Waals surface area (Å²) in [5, 5.41) is 5.65. The molecule has 0 aliphatic carbocycles. The van der Waals surface area contributed by atoms with E-state index in [1.165, 1.54) is 0 Å². The van der Waals surface area contributed by atoms with Crippen LogP contribution in [0.4, 0.5) is 0 Å². The number of fused-ring (bicyclic) bond motifs is 1. The summed E-state index contributed by atoms with van der Waals surface area (Å²) in [7, 11) is 0. The van der Waals surface area contributed by atoms with Crippen LogP contribution in [0.3, 0.4) is 0 Å². The largest absolute Gasteiger partial charge is 0.454 e. The van der Waals surface area contributed by atoms with E-state index in [1.54, 1.807) is 24.3 Å². The number of nitrogens with zero attached hydrogens (tertiary/aromatic N) is 1. The third kappa shape index (κ3) is 4.88. The topological polar surface area (TPSA) is 97.0 Å². The minimum Gasteiger partial charge on any atom is -0.454 e. The highest BCUT2D eigenvalue weighted by Gasteiger charge is 2.33. The van der Waals surface area contributed by atoms with Gasteiger partial charge in [0.2, 0.25) is 18.6 Å². The van der Waals surface area contributed by atoms with E-state index in [0.29, 0.717) is 56.0 Å². The molecule has 1 aromatic rings. The Bertz CT molecular complexity index is 787. The number of benzene rings is 1. The first-order chi connectivity index (χ1) is 14.0. The third-order valence-electron chi connectivity index (χ3n) is 5.29. The van der Waals surface area contributed by atoms with Crippen molar-refractivity contribution in [2.24, 2.45) is 5.92 Å². The molecular formula is C21H27N3O5. The Morgan fingerprint density at radius 2 is 1.97 bits per heavy atom. The van der Waals surface area contributed by atoms with Gasteiger partial charge in [-0.2, -0.15) is 0 Å². The van der Waals surface area contributed by atoms with Crippen LogP contribution in [0.5, 0.6) is 11.5 Å².